The Labute approximate surface area is 70.8 Å². The quantitative estimate of drug-likeness (QED) is 0.617. The first-order valence-corrected chi connectivity index (χ1v) is 4.22. The molecule has 0 fully saturated rings. The average molecular weight is 158 g/mol. The molecule has 2 aromatic rings. The Morgan fingerprint density at radius 3 is 3.17 bits per heavy atom. The molecule has 60 valence electrons. The van der Waals surface area contributed by atoms with E-state index in [1.54, 1.807) is 0 Å². The van der Waals surface area contributed by atoms with E-state index in [2.05, 4.69) is 40.3 Å². The number of nitrogens with zero attached hydrogens (tertiary/aromatic N) is 1. The van der Waals surface area contributed by atoms with Gasteiger partial charge in [0.2, 0.25) is 0 Å². The van der Waals surface area contributed by atoms with Crippen molar-refractivity contribution in [2.24, 2.45) is 0 Å². The Morgan fingerprint density at radius 1 is 1.25 bits per heavy atom. The van der Waals surface area contributed by atoms with Crippen molar-refractivity contribution in [3.8, 4) is 0 Å². The molecule has 0 saturated heterocycles. The standard InChI is InChI=1S/C10H10N2/c1-2-4-9-8(3-1)6-12-7-11-5-10(9)12/h1-4,6,11H,5,7H2. The van der Waals surface area contributed by atoms with E-state index >= 15 is 0 Å². The first-order chi connectivity index (χ1) is 5.95. The first-order valence-electron chi connectivity index (χ1n) is 4.22. The lowest BCUT2D eigenvalue weighted by molar-refractivity contribution is 0.662. The lowest BCUT2D eigenvalue weighted by Gasteiger charge is -1.91. The van der Waals surface area contributed by atoms with Crippen LogP contribution in [0, 0.1) is 0 Å². The van der Waals surface area contributed by atoms with E-state index in [1.807, 2.05) is 0 Å². The molecule has 1 aromatic heterocycles. The van der Waals surface area contributed by atoms with Gasteiger partial charge in [-0.1, -0.05) is 24.3 Å². The summed E-state index contributed by atoms with van der Waals surface area (Å²) in [6.07, 6.45) is 2.21. The van der Waals surface area contributed by atoms with Crippen LogP contribution in [0.2, 0.25) is 0 Å². The van der Waals surface area contributed by atoms with Gasteiger partial charge in [0.15, 0.2) is 0 Å². The number of benzene rings is 1. The van der Waals surface area contributed by atoms with Crippen LogP contribution in [0.5, 0.6) is 0 Å². The van der Waals surface area contributed by atoms with Crippen molar-refractivity contribution in [2.75, 3.05) is 0 Å². The second-order valence-corrected chi connectivity index (χ2v) is 3.22. The highest BCUT2D eigenvalue weighted by Gasteiger charge is 2.12. The highest BCUT2D eigenvalue weighted by atomic mass is 15.2. The van der Waals surface area contributed by atoms with E-state index in [-0.39, 0.29) is 0 Å². The summed E-state index contributed by atoms with van der Waals surface area (Å²) in [5.41, 5.74) is 1.42. The van der Waals surface area contributed by atoms with Crippen molar-refractivity contribution in [3.63, 3.8) is 0 Å². The molecular weight excluding hydrogens is 148 g/mol. The van der Waals surface area contributed by atoms with Crippen LogP contribution >= 0.6 is 0 Å². The summed E-state index contributed by atoms with van der Waals surface area (Å²) < 4.78 is 2.28. The van der Waals surface area contributed by atoms with Crippen LogP contribution in [-0.2, 0) is 13.2 Å². The van der Waals surface area contributed by atoms with Crippen LogP contribution in [0.1, 0.15) is 5.69 Å². The van der Waals surface area contributed by atoms with Gasteiger partial charge in [-0.05, 0) is 5.39 Å². The topological polar surface area (TPSA) is 17.0 Å². The lowest BCUT2D eigenvalue weighted by Crippen LogP contribution is -2.03. The predicted molar refractivity (Wildman–Crippen MR) is 48.8 cm³/mol. The third-order valence-corrected chi connectivity index (χ3v) is 2.49. The molecule has 1 aliphatic rings. The minimum Gasteiger partial charge on any atom is -0.336 e. The molecule has 2 nitrogen and oxygen atoms in total. The van der Waals surface area contributed by atoms with Gasteiger partial charge in [0.1, 0.15) is 0 Å². The van der Waals surface area contributed by atoms with Gasteiger partial charge in [0.25, 0.3) is 0 Å². The largest absolute Gasteiger partial charge is 0.336 e. The lowest BCUT2D eigenvalue weighted by atomic mass is 10.2. The van der Waals surface area contributed by atoms with Crippen LogP contribution in [0.4, 0.5) is 0 Å². The molecule has 0 unspecified atom stereocenters. The summed E-state index contributed by atoms with van der Waals surface area (Å²) in [4.78, 5) is 0. The van der Waals surface area contributed by atoms with Gasteiger partial charge in [-0.3, -0.25) is 5.32 Å². The number of hydrogen-bond donors (Lipinski definition) is 1. The van der Waals surface area contributed by atoms with Crippen molar-refractivity contribution >= 4 is 10.8 Å². The van der Waals surface area contributed by atoms with Crippen LogP contribution < -0.4 is 5.32 Å². The molecule has 0 atom stereocenters. The molecule has 0 amide bonds. The molecule has 12 heavy (non-hydrogen) atoms. The van der Waals surface area contributed by atoms with Gasteiger partial charge in [-0.15, -0.1) is 0 Å². The number of rotatable bonds is 0. The number of hydrogen-bond acceptors (Lipinski definition) is 1. The maximum absolute atomic E-state index is 3.32. The molecule has 2 heteroatoms. The van der Waals surface area contributed by atoms with E-state index in [4.69, 9.17) is 0 Å². The number of fused-ring (bicyclic) bond motifs is 3. The second-order valence-electron chi connectivity index (χ2n) is 3.22. The number of nitrogens with one attached hydrogen (secondary N) is 1. The Balaban J connectivity index is 2.44. The Bertz CT molecular complexity index is 428. The maximum Gasteiger partial charge on any atom is 0.0726 e. The van der Waals surface area contributed by atoms with Crippen LogP contribution in [0.25, 0.3) is 10.8 Å². The molecule has 2 heterocycles. The zero-order valence-electron chi connectivity index (χ0n) is 6.75. The smallest absolute Gasteiger partial charge is 0.0726 e. The van der Waals surface area contributed by atoms with Gasteiger partial charge in [0.05, 0.1) is 6.67 Å². The Morgan fingerprint density at radius 2 is 2.17 bits per heavy atom. The third-order valence-electron chi connectivity index (χ3n) is 2.49. The highest BCUT2D eigenvalue weighted by Crippen LogP contribution is 2.22. The molecule has 0 bridgehead atoms. The molecule has 0 radical (unpaired) electrons. The summed E-state index contributed by atoms with van der Waals surface area (Å²) in [5, 5.41) is 6.07. The zero-order valence-corrected chi connectivity index (χ0v) is 6.75. The molecule has 0 aliphatic carbocycles. The van der Waals surface area contributed by atoms with Crippen LogP contribution in [0.3, 0.4) is 0 Å². The molecule has 0 saturated carbocycles. The second kappa shape index (κ2) is 2.11. The number of aromatic nitrogens is 1. The SMILES string of the molecule is c1ccc2c3n(cc2c1)CNC3. The van der Waals surface area contributed by atoms with Crippen molar-refractivity contribution in [1.82, 2.24) is 9.88 Å². The van der Waals surface area contributed by atoms with Gasteiger partial charge < -0.3 is 4.57 Å². The Hall–Kier alpha value is -1.28. The molecular formula is C10H10N2. The van der Waals surface area contributed by atoms with Crippen LogP contribution in [-0.4, -0.2) is 4.57 Å². The molecule has 1 aromatic carbocycles. The normalized spacial score (nSPS) is 15.3. The summed E-state index contributed by atoms with van der Waals surface area (Å²) >= 11 is 0. The fourth-order valence-electron chi connectivity index (χ4n) is 1.91. The summed E-state index contributed by atoms with van der Waals surface area (Å²) in [5.74, 6) is 0. The fraction of sp³-hybridized carbons (Fsp3) is 0.200. The van der Waals surface area contributed by atoms with Crippen molar-refractivity contribution in [3.05, 3.63) is 36.2 Å². The van der Waals surface area contributed by atoms with Crippen molar-refractivity contribution in [2.45, 2.75) is 13.2 Å². The van der Waals surface area contributed by atoms with Crippen LogP contribution in [0.15, 0.2) is 30.5 Å². The van der Waals surface area contributed by atoms with E-state index in [0.29, 0.717) is 0 Å². The molecule has 3 rings (SSSR count). The third kappa shape index (κ3) is 0.676. The minimum atomic E-state index is 0.962. The summed E-state index contributed by atoms with van der Waals surface area (Å²) in [6.45, 7) is 1.97. The fourth-order valence-corrected chi connectivity index (χ4v) is 1.91. The van der Waals surface area contributed by atoms with E-state index in [1.165, 1.54) is 16.5 Å². The van der Waals surface area contributed by atoms with E-state index in [0.717, 1.165) is 13.2 Å². The molecule has 1 N–H and O–H groups in total. The van der Waals surface area contributed by atoms with Gasteiger partial charge >= 0.3 is 0 Å². The molecule has 0 spiro atoms. The first kappa shape index (κ1) is 6.26. The highest BCUT2D eigenvalue weighted by molar-refractivity contribution is 5.85. The van der Waals surface area contributed by atoms with Crippen molar-refractivity contribution < 1.29 is 0 Å². The zero-order chi connectivity index (χ0) is 7.97. The maximum atomic E-state index is 3.32. The minimum absolute atomic E-state index is 0.962. The average Bonchev–Trinajstić information content (AvgIpc) is 2.62. The van der Waals surface area contributed by atoms with Gasteiger partial charge in [0, 0.05) is 23.8 Å². The van der Waals surface area contributed by atoms with Gasteiger partial charge in [-0.2, -0.15) is 0 Å². The summed E-state index contributed by atoms with van der Waals surface area (Å²) in [7, 11) is 0. The summed E-state index contributed by atoms with van der Waals surface area (Å²) in [6, 6.07) is 8.54. The van der Waals surface area contributed by atoms with Crippen molar-refractivity contribution in [1.29, 1.82) is 0 Å². The monoisotopic (exact) mass is 158 g/mol. The molecule has 1 aliphatic heterocycles. The predicted octanol–water partition coefficient (Wildman–Crippen LogP) is 1.70. The van der Waals surface area contributed by atoms with E-state index in [9.17, 15) is 0 Å². The Kier molecular flexibility index (Phi) is 1.10. The van der Waals surface area contributed by atoms with E-state index < -0.39 is 0 Å². The van der Waals surface area contributed by atoms with Gasteiger partial charge in [-0.25, -0.2) is 0 Å².